The largest absolute Gasteiger partial charge is 0.497 e. The minimum atomic E-state index is -0.0612. The number of carbonyl (C=O) groups is 1. The van der Waals surface area contributed by atoms with Gasteiger partial charge in [-0.3, -0.25) is 9.69 Å². The average molecular weight is 308 g/mol. The van der Waals surface area contributed by atoms with Gasteiger partial charge in [0.05, 0.1) is 20.8 Å². The van der Waals surface area contributed by atoms with Crippen LogP contribution in [0.4, 0.5) is 5.69 Å². The number of amides is 1. The first-order valence-electron chi connectivity index (χ1n) is 7.40. The van der Waals surface area contributed by atoms with Gasteiger partial charge >= 0.3 is 0 Å². The summed E-state index contributed by atoms with van der Waals surface area (Å²) < 4.78 is 10.4. The molecule has 0 radical (unpaired) electrons. The first-order valence-corrected chi connectivity index (χ1v) is 7.40. The molecular weight excluding hydrogens is 280 g/mol. The molecule has 0 aliphatic heterocycles. The third-order valence-electron chi connectivity index (χ3n) is 3.94. The molecule has 0 aliphatic rings. The lowest BCUT2D eigenvalue weighted by Crippen LogP contribution is -2.43. The fourth-order valence-electron chi connectivity index (χ4n) is 2.10. The summed E-state index contributed by atoms with van der Waals surface area (Å²) in [5.74, 6) is 1.23. The van der Waals surface area contributed by atoms with E-state index in [4.69, 9.17) is 9.47 Å². The van der Waals surface area contributed by atoms with E-state index in [0.717, 1.165) is 0 Å². The third kappa shape index (κ3) is 5.22. The highest BCUT2D eigenvalue weighted by Gasteiger charge is 2.25. The Kier molecular flexibility index (Phi) is 6.23. The molecule has 0 bridgehead atoms. The number of hydrogen-bond donors (Lipinski definition) is 1. The van der Waals surface area contributed by atoms with Gasteiger partial charge in [0.15, 0.2) is 0 Å². The van der Waals surface area contributed by atoms with E-state index in [1.807, 2.05) is 11.9 Å². The van der Waals surface area contributed by atoms with Crippen molar-refractivity contribution in [3.63, 3.8) is 0 Å². The Balaban J connectivity index is 2.73. The van der Waals surface area contributed by atoms with Crippen LogP contribution in [0.25, 0.3) is 0 Å². The van der Waals surface area contributed by atoms with Crippen molar-refractivity contribution in [3.8, 4) is 11.5 Å². The second kappa shape index (κ2) is 7.49. The van der Waals surface area contributed by atoms with Crippen molar-refractivity contribution in [2.24, 2.45) is 5.41 Å². The van der Waals surface area contributed by atoms with Gasteiger partial charge in [-0.25, -0.2) is 0 Å². The van der Waals surface area contributed by atoms with Crippen LogP contribution in [0.2, 0.25) is 0 Å². The molecular formula is C17H28N2O3. The molecule has 22 heavy (non-hydrogen) atoms. The van der Waals surface area contributed by atoms with E-state index in [0.29, 0.717) is 23.7 Å². The summed E-state index contributed by atoms with van der Waals surface area (Å²) in [6, 6.07) is 5.60. The van der Waals surface area contributed by atoms with Crippen molar-refractivity contribution >= 4 is 11.6 Å². The maximum absolute atomic E-state index is 12.2. The third-order valence-corrected chi connectivity index (χ3v) is 3.94. The van der Waals surface area contributed by atoms with E-state index in [9.17, 15) is 4.79 Å². The summed E-state index contributed by atoms with van der Waals surface area (Å²) in [7, 11) is 5.12. The van der Waals surface area contributed by atoms with Crippen LogP contribution in [-0.2, 0) is 4.79 Å². The highest BCUT2D eigenvalue weighted by atomic mass is 16.5. The van der Waals surface area contributed by atoms with E-state index in [1.54, 1.807) is 32.4 Å². The van der Waals surface area contributed by atoms with Crippen LogP contribution < -0.4 is 14.8 Å². The maximum atomic E-state index is 12.2. The quantitative estimate of drug-likeness (QED) is 0.877. The van der Waals surface area contributed by atoms with Gasteiger partial charge < -0.3 is 14.8 Å². The minimum absolute atomic E-state index is 0.0612. The molecule has 0 saturated heterocycles. The molecule has 5 heteroatoms. The summed E-state index contributed by atoms with van der Waals surface area (Å²) in [6.45, 7) is 8.96. The number of hydrogen-bond acceptors (Lipinski definition) is 4. The van der Waals surface area contributed by atoms with Gasteiger partial charge in [0, 0.05) is 29.9 Å². The fourth-order valence-corrected chi connectivity index (χ4v) is 2.10. The van der Waals surface area contributed by atoms with Crippen LogP contribution in [0.15, 0.2) is 18.2 Å². The predicted octanol–water partition coefficient (Wildman–Crippen LogP) is 3.01. The van der Waals surface area contributed by atoms with Crippen molar-refractivity contribution < 1.29 is 14.3 Å². The Labute approximate surface area is 133 Å². The van der Waals surface area contributed by atoms with Crippen molar-refractivity contribution in [3.05, 3.63) is 18.2 Å². The van der Waals surface area contributed by atoms with E-state index in [2.05, 4.69) is 33.0 Å². The molecule has 0 spiro atoms. The van der Waals surface area contributed by atoms with Gasteiger partial charge in [-0.1, -0.05) is 20.8 Å². The number of methoxy groups -OCH3 is 2. The van der Waals surface area contributed by atoms with Crippen LogP contribution in [0.1, 0.15) is 27.7 Å². The Hall–Kier alpha value is -1.75. The summed E-state index contributed by atoms with van der Waals surface area (Å²) in [5, 5.41) is 2.89. The van der Waals surface area contributed by atoms with Gasteiger partial charge in [-0.05, 0) is 19.4 Å². The summed E-state index contributed by atoms with van der Waals surface area (Å²) in [4.78, 5) is 14.3. The van der Waals surface area contributed by atoms with E-state index in [1.165, 1.54) is 0 Å². The zero-order valence-electron chi connectivity index (χ0n) is 14.7. The first-order chi connectivity index (χ1) is 10.2. The van der Waals surface area contributed by atoms with Crippen molar-refractivity contribution in [2.45, 2.75) is 33.7 Å². The Morgan fingerprint density at radius 2 is 1.68 bits per heavy atom. The van der Waals surface area contributed by atoms with Crippen molar-refractivity contribution in [2.75, 3.05) is 33.1 Å². The molecule has 0 heterocycles. The number of nitrogens with one attached hydrogen (secondary N) is 1. The monoisotopic (exact) mass is 308 g/mol. The second-order valence-corrected chi connectivity index (χ2v) is 6.61. The van der Waals surface area contributed by atoms with Crippen LogP contribution in [0, 0.1) is 5.41 Å². The summed E-state index contributed by atoms with van der Waals surface area (Å²) in [5.41, 5.74) is 0.784. The van der Waals surface area contributed by atoms with Crippen LogP contribution in [-0.4, -0.2) is 44.7 Å². The number of nitrogens with zero attached hydrogens (tertiary/aromatic N) is 1. The molecule has 1 N–H and O–H groups in total. The lowest BCUT2D eigenvalue weighted by molar-refractivity contribution is -0.117. The molecule has 1 unspecified atom stereocenters. The molecule has 5 nitrogen and oxygen atoms in total. The van der Waals surface area contributed by atoms with E-state index < -0.39 is 0 Å². The number of carbonyl (C=O) groups excluding carboxylic acids is 1. The Morgan fingerprint density at radius 3 is 2.09 bits per heavy atom. The fraction of sp³-hybridized carbons (Fsp3) is 0.588. The van der Waals surface area contributed by atoms with Crippen LogP contribution >= 0.6 is 0 Å². The standard InChI is InChI=1S/C17H28N2O3/c1-12(17(2,3)4)19(5)11-16(20)18-13-8-14(21-6)10-15(9-13)22-7/h8-10,12H,11H2,1-7H3,(H,18,20). The molecule has 1 rings (SSSR count). The van der Waals surface area contributed by atoms with Crippen molar-refractivity contribution in [1.82, 2.24) is 4.90 Å². The molecule has 1 amide bonds. The van der Waals surface area contributed by atoms with Crippen LogP contribution in [0.3, 0.4) is 0 Å². The van der Waals surface area contributed by atoms with Gasteiger partial charge in [0.1, 0.15) is 11.5 Å². The van der Waals surface area contributed by atoms with E-state index >= 15 is 0 Å². The lowest BCUT2D eigenvalue weighted by atomic mass is 9.87. The first kappa shape index (κ1) is 18.3. The molecule has 1 aromatic rings. The predicted molar refractivity (Wildman–Crippen MR) is 89.7 cm³/mol. The average Bonchev–Trinajstić information content (AvgIpc) is 2.44. The molecule has 1 aromatic carbocycles. The maximum Gasteiger partial charge on any atom is 0.238 e. The highest BCUT2D eigenvalue weighted by molar-refractivity contribution is 5.92. The van der Waals surface area contributed by atoms with Crippen LogP contribution in [0.5, 0.6) is 11.5 Å². The van der Waals surface area contributed by atoms with Gasteiger partial charge in [0.2, 0.25) is 5.91 Å². The lowest BCUT2D eigenvalue weighted by Gasteiger charge is -2.34. The highest BCUT2D eigenvalue weighted by Crippen LogP contribution is 2.26. The number of rotatable bonds is 6. The van der Waals surface area contributed by atoms with Crippen molar-refractivity contribution in [1.29, 1.82) is 0 Å². The summed E-state index contributed by atoms with van der Waals surface area (Å²) in [6.07, 6.45) is 0. The SMILES string of the molecule is COc1cc(NC(=O)CN(C)C(C)C(C)(C)C)cc(OC)c1. The molecule has 0 saturated carbocycles. The molecule has 1 atom stereocenters. The zero-order chi connectivity index (χ0) is 16.9. The second-order valence-electron chi connectivity index (χ2n) is 6.61. The Bertz CT molecular complexity index is 487. The van der Waals surface area contributed by atoms with Gasteiger partial charge in [-0.2, -0.15) is 0 Å². The van der Waals surface area contributed by atoms with Gasteiger partial charge in [0.25, 0.3) is 0 Å². The summed E-state index contributed by atoms with van der Waals surface area (Å²) >= 11 is 0. The smallest absolute Gasteiger partial charge is 0.238 e. The number of benzene rings is 1. The number of anilines is 1. The normalized spacial score (nSPS) is 12.9. The van der Waals surface area contributed by atoms with Gasteiger partial charge in [-0.15, -0.1) is 0 Å². The molecule has 0 fully saturated rings. The van der Waals surface area contributed by atoms with E-state index in [-0.39, 0.29) is 17.4 Å². The topological polar surface area (TPSA) is 50.8 Å². The number of ether oxygens (including phenoxy) is 2. The molecule has 124 valence electrons. The number of likely N-dealkylation sites (N-methyl/N-ethyl adjacent to an activating group) is 1. The molecule has 0 aliphatic carbocycles. The Morgan fingerprint density at radius 1 is 1.18 bits per heavy atom. The molecule has 0 aromatic heterocycles. The zero-order valence-corrected chi connectivity index (χ0v) is 14.7. The minimum Gasteiger partial charge on any atom is -0.497 e.